The van der Waals surface area contributed by atoms with E-state index < -0.39 is 10.0 Å². The first-order valence-corrected chi connectivity index (χ1v) is 9.07. The minimum absolute atomic E-state index is 0.307. The molecule has 0 bridgehead atoms. The van der Waals surface area contributed by atoms with Crippen molar-refractivity contribution in [1.82, 2.24) is 14.9 Å². The normalized spacial score (nSPS) is 24.7. The summed E-state index contributed by atoms with van der Waals surface area (Å²) in [7, 11) is -0.963. The topological polar surface area (TPSA) is 61.4 Å². The average molecular weight is 289 g/mol. The molecule has 0 aliphatic carbocycles. The van der Waals surface area contributed by atoms with Crippen LogP contribution < -0.4 is 10.0 Å². The van der Waals surface area contributed by atoms with Gasteiger partial charge in [0.1, 0.15) is 0 Å². The molecular formula is C13H27N3O2S. The van der Waals surface area contributed by atoms with E-state index in [0.29, 0.717) is 24.1 Å². The lowest BCUT2D eigenvalue weighted by Gasteiger charge is -2.29. The molecule has 0 atom stereocenters. The molecule has 2 fully saturated rings. The van der Waals surface area contributed by atoms with Crippen molar-refractivity contribution in [3.63, 3.8) is 0 Å². The minimum atomic E-state index is -3.09. The van der Waals surface area contributed by atoms with E-state index in [1.807, 2.05) is 0 Å². The van der Waals surface area contributed by atoms with Crippen LogP contribution in [0.1, 0.15) is 25.7 Å². The maximum Gasteiger partial charge on any atom is 0.211 e. The van der Waals surface area contributed by atoms with Crippen molar-refractivity contribution in [1.29, 1.82) is 0 Å². The maximum absolute atomic E-state index is 12.1. The zero-order valence-corrected chi connectivity index (χ0v) is 12.7. The van der Waals surface area contributed by atoms with E-state index >= 15 is 0 Å². The molecule has 2 aliphatic rings. The highest BCUT2D eigenvalue weighted by Crippen LogP contribution is 2.16. The van der Waals surface area contributed by atoms with Crippen molar-refractivity contribution < 1.29 is 8.42 Å². The van der Waals surface area contributed by atoms with Gasteiger partial charge < -0.3 is 10.2 Å². The molecule has 0 radical (unpaired) electrons. The zero-order valence-electron chi connectivity index (χ0n) is 11.9. The summed E-state index contributed by atoms with van der Waals surface area (Å²) in [6.45, 7) is 4.70. The van der Waals surface area contributed by atoms with E-state index in [4.69, 9.17) is 0 Å². The van der Waals surface area contributed by atoms with Crippen LogP contribution in [0.3, 0.4) is 0 Å². The molecule has 0 unspecified atom stereocenters. The molecule has 0 aromatic rings. The highest BCUT2D eigenvalue weighted by molar-refractivity contribution is 7.89. The summed E-state index contributed by atoms with van der Waals surface area (Å²) in [6.07, 6.45) is 4.17. The third-order valence-corrected chi connectivity index (χ3v) is 5.86. The fourth-order valence-corrected chi connectivity index (χ4v) is 4.49. The molecule has 0 amide bonds. The first-order chi connectivity index (χ1) is 9.05. The van der Waals surface area contributed by atoms with E-state index in [-0.39, 0.29) is 0 Å². The van der Waals surface area contributed by atoms with Gasteiger partial charge in [0.2, 0.25) is 10.0 Å². The van der Waals surface area contributed by atoms with Gasteiger partial charge in [-0.15, -0.1) is 0 Å². The van der Waals surface area contributed by atoms with E-state index in [9.17, 15) is 8.42 Å². The van der Waals surface area contributed by atoms with Crippen LogP contribution in [0.5, 0.6) is 0 Å². The van der Waals surface area contributed by atoms with Gasteiger partial charge in [0.25, 0.3) is 0 Å². The molecule has 2 N–H and O–H groups in total. The molecule has 2 saturated heterocycles. The lowest BCUT2D eigenvalue weighted by molar-refractivity contribution is 0.220. The molecule has 2 aliphatic heterocycles. The second-order valence-electron chi connectivity index (χ2n) is 6.07. The van der Waals surface area contributed by atoms with E-state index in [0.717, 1.165) is 51.9 Å². The molecule has 6 heteroatoms. The van der Waals surface area contributed by atoms with Crippen LogP contribution in [0.2, 0.25) is 0 Å². The zero-order chi connectivity index (χ0) is 13.7. The predicted molar refractivity (Wildman–Crippen MR) is 77.6 cm³/mol. The van der Waals surface area contributed by atoms with Crippen molar-refractivity contribution >= 4 is 10.0 Å². The number of hydrogen-bond donors (Lipinski definition) is 2. The Kier molecular flexibility index (Phi) is 5.62. The molecule has 112 valence electrons. The third kappa shape index (κ3) is 5.38. The Morgan fingerprint density at radius 3 is 2.37 bits per heavy atom. The summed E-state index contributed by atoms with van der Waals surface area (Å²) >= 11 is 0. The Labute approximate surface area is 117 Å². The summed E-state index contributed by atoms with van der Waals surface area (Å²) in [4.78, 5) is 2.31. The van der Waals surface area contributed by atoms with Gasteiger partial charge in [-0.1, -0.05) is 0 Å². The monoisotopic (exact) mass is 289 g/mol. The van der Waals surface area contributed by atoms with Gasteiger partial charge in [-0.3, -0.25) is 0 Å². The quantitative estimate of drug-likeness (QED) is 0.761. The highest BCUT2D eigenvalue weighted by Gasteiger charge is 2.23. The highest BCUT2D eigenvalue weighted by atomic mass is 32.2. The molecule has 19 heavy (non-hydrogen) atoms. The number of likely N-dealkylation sites (tertiary alicyclic amines) is 1. The SMILES string of the molecule is CN1CCC(CNS(=O)(=O)CC2CCNCC2)CC1. The fourth-order valence-electron chi connectivity index (χ4n) is 2.93. The summed E-state index contributed by atoms with van der Waals surface area (Å²) in [5, 5.41) is 3.27. The third-order valence-electron chi connectivity index (χ3n) is 4.34. The van der Waals surface area contributed by atoms with Gasteiger partial charge in [0, 0.05) is 6.54 Å². The van der Waals surface area contributed by atoms with Crippen LogP contribution in [-0.4, -0.2) is 58.8 Å². The average Bonchev–Trinajstić information content (AvgIpc) is 2.39. The van der Waals surface area contributed by atoms with Crippen molar-refractivity contribution in [3.8, 4) is 0 Å². The largest absolute Gasteiger partial charge is 0.317 e. The van der Waals surface area contributed by atoms with Crippen LogP contribution in [0.25, 0.3) is 0 Å². The Hall–Kier alpha value is -0.170. The lowest BCUT2D eigenvalue weighted by Crippen LogP contribution is -2.39. The van der Waals surface area contributed by atoms with Crippen LogP contribution in [0.4, 0.5) is 0 Å². The van der Waals surface area contributed by atoms with Crippen molar-refractivity contribution in [2.24, 2.45) is 11.8 Å². The Morgan fingerprint density at radius 2 is 1.74 bits per heavy atom. The number of rotatable bonds is 5. The molecule has 0 saturated carbocycles. The Bertz CT molecular complexity index is 358. The summed E-state index contributed by atoms with van der Waals surface area (Å²) in [5.74, 6) is 1.15. The molecule has 0 spiro atoms. The maximum atomic E-state index is 12.1. The van der Waals surface area contributed by atoms with E-state index in [1.165, 1.54) is 0 Å². The number of piperidine rings is 2. The van der Waals surface area contributed by atoms with Gasteiger partial charge in [-0.25, -0.2) is 13.1 Å². The van der Waals surface area contributed by atoms with Crippen LogP contribution in [0, 0.1) is 11.8 Å². The Balaban J connectivity index is 1.71. The predicted octanol–water partition coefficient (Wildman–Crippen LogP) is 0.247. The first kappa shape index (κ1) is 15.2. The molecule has 0 aromatic carbocycles. The van der Waals surface area contributed by atoms with Crippen molar-refractivity contribution in [2.75, 3.05) is 45.5 Å². The molecule has 2 rings (SSSR count). The second-order valence-corrected chi connectivity index (χ2v) is 7.92. The fraction of sp³-hybridized carbons (Fsp3) is 1.00. The summed E-state index contributed by atoms with van der Waals surface area (Å²) in [5.41, 5.74) is 0. The van der Waals surface area contributed by atoms with Crippen LogP contribution in [-0.2, 0) is 10.0 Å². The standard InChI is InChI=1S/C13H27N3O2S/c1-16-8-4-12(5-9-16)10-15-19(17,18)11-13-2-6-14-7-3-13/h12-15H,2-11H2,1H3. The summed E-state index contributed by atoms with van der Waals surface area (Å²) in [6, 6.07) is 0. The number of nitrogens with zero attached hydrogens (tertiary/aromatic N) is 1. The van der Waals surface area contributed by atoms with Crippen molar-refractivity contribution in [2.45, 2.75) is 25.7 Å². The second kappa shape index (κ2) is 7.02. The number of hydrogen-bond acceptors (Lipinski definition) is 4. The van der Waals surface area contributed by atoms with Gasteiger partial charge in [0.15, 0.2) is 0 Å². The number of nitrogens with one attached hydrogen (secondary N) is 2. The smallest absolute Gasteiger partial charge is 0.211 e. The van der Waals surface area contributed by atoms with E-state index in [1.54, 1.807) is 0 Å². The van der Waals surface area contributed by atoms with Crippen LogP contribution in [0.15, 0.2) is 0 Å². The Morgan fingerprint density at radius 1 is 1.11 bits per heavy atom. The van der Waals surface area contributed by atoms with Crippen molar-refractivity contribution in [3.05, 3.63) is 0 Å². The van der Waals surface area contributed by atoms with Gasteiger partial charge >= 0.3 is 0 Å². The summed E-state index contributed by atoms with van der Waals surface area (Å²) < 4.78 is 27.0. The van der Waals surface area contributed by atoms with Gasteiger partial charge in [0.05, 0.1) is 5.75 Å². The number of sulfonamides is 1. The van der Waals surface area contributed by atoms with Gasteiger partial charge in [-0.05, 0) is 70.7 Å². The van der Waals surface area contributed by atoms with Crippen LogP contribution >= 0.6 is 0 Å². The lowest BCUT2D eigenvalue weighted by atomic mass is 9.98. The molecular weight excluding hydrogens is 262 g/mol. The first-order valence-electron chi connectivity index (χ1n) is 7.42. The molecule has 0 aromatic heterocycles. The molecule has 2 heterocycles. The molecule has 5 nitrogen and oxygen atoms in total. The van der Waals surface area contributed by atoms with Gasteiger partial charge in [-0.2, -0.15) is 0 Å². The minimum Gasteiger partial charge on any atom is -0.317 e. The van der Waals surface area contributed by atoms with E-state index in [2.05, 4.69) is 22.0 Å².